The minimum atomic E-state index is -0.580. The zero-order valence-corrected chi connectivity index (χ0v) is 14.7. The van der Waals surface area contributed by atoms with Crippen molar-refractivity contribution in [3.63, 3.8) is 0 Å². The van der Waals surface area contributed by atoms with E-state index in [9.17, 15) is 9.59 Å². The van der Waals surface area contributed by atoms with Crippen LogP contribution in [0.2, 0.25) is 5.02 Å². The molecule has 0 spiro atoms. The van der Waals surface area contributed by atoms with Crippen LogP contribution in [-0.4, -0.2) is 30.6 Å². The smallest absolute Gasteiger partial charge is 0.338 e. The molecule has 0 aliphatic rings. The number of fused-ring (bicyclic) bond motifs is 1. The van der Waals surface area contributed by atoms with Gasteiger partial charge in [-0.25, -0.2) is 9.78 Å². The number of benzene rings is 2. The second kappa shape index (κ2) is 7.50. The highest BCUT2D eigenvalue weighted by molar-refractivity contribution is 7.16. The quantitative estimate of drug-likeness (QED) is 0.686. The van der Waals surface area contributed by atoms with Gasteiger partial charge in [0.2, 0.25) is 0 Å². The Morgan fingerprint density at radius 3 is 2.88 bits per heavy atom. The number of halogens is 1. The Bertz CT molecular complexity index is 941. The third-order valence-corrected chi connectivity index (χ3v) is 4.36. The van der Waals surface area contributed by atoms with Crippen molar-refractivity contribution in [2.75, 3.05) is 19.0 Å². The van der Waals surface area contributed by atoms with E-state index in [0.717, 1.165) is 10.2 Å². The van der Waals surface area contributed by atoms with E-state index in [4.69, 9.17) is 21.1 Å². The summed E-state index contributed by atoms with van der Waals surface area (Å²) < 4.78 is 11.1. The Balaban J connectivity index is 1.62. The fourth-order valence-electron chi connectivity index (χ4n) is 2.16. The number of nitrogens with one attached hydrogen (secondary N) is 1. The maximum absolute atomic E-state index is 12.1. The van der Waals surface area contributed by atoms with E-state index in [-0.39, 0.29) is 0 Å². The number of esters is 1. The third kappa shape index (κ3) is 4.07. The lowest BCUT2D eigenvalue weighted by Gasteiger charge is -2.10. The molecule has 3 rings (SSSR count). The van der Waals surface area contributed by atoms with Gasteiger partial charge in [-0.05, 0) is 36.4 Å². The van der Waals surface area contributed by atoms with Crippen molar-refractivity contribution in [1.82, 2.24) is 4.98 Å². The first-order valence-electron chi connectivity index (χ1n) is 7.20. The number of amides is 1. The minimum absolute atomic E-state index is 0.366. The van der Waals surface area contributed by atoms with Gasteiger partial charge in [0.15, 0.2) is 6.61 Å². The lowest BCUT2D eigenvalue weighted by atomic mass is 10.2. The summed E-state index contributed by atoms with van der Waals surface area (Å²) in [6, 6.07) is 9.87. The molecule has 8 heteroatoms. The molecule has 0 saturated carbocycles. The molecule has 0 atom stereocenters. The molecule has 0 aliphatic carbocycles. The lowest BCUT2D eigenvalue weighted by Crippen LogP contribution is -2.21. The average Bonchev–Trinajstić information content (AvgIpc) is 3.07. The molecule has 3 aromatic rings. The average molecular weight is 377 g/mol. The van der Waals surface area contributed by atoms with Crippen molar-refractivity contribution in [3.05, 3.63) is 52.5 Å². The van der Waals surface area contributed by atoms with Gasteiger partial charge < -0.3 is 14.8 Å². The van der Waals surface area contributed by atoms with E-state index in [2.05, 4.69) is 10.3 Å². The molecule has 1 aromatic heterocycles. The Hall–Kier alpha value is -2.64. The molecule has 1 amide bonds. The molecule has 0 aliphatic heterocycles. The Morgan fingerprint density at radius 1 is 1.24 bits per heavy atom. The van der Waals surface area contributed by atoms with Crippen molar-refractivity contribution in [2.45, 2.75) is 0 Å². The maximum Gasteiger partial charge on any atom is 0.338 e. The molecule has 6 nitrogen and oxygen atoms in total. The van der Waals surface area contributed by atoms with Gasteiger partial charge >= 0.3 is 5.97 Å². The van der Waals surface area contributed by atoms with E-state index in [1.54, 1.807) is 41.9 Å². The van der Waals surface area contributed by atoms with Crippen LogP contribution in [0.1, 0.15) is 10.4 Å². The van der Waals surface area contributed by atoms with Crippen molar-refractivity contribution < 1.29 is 19.1 Å². The van der Waals surface area contributed by atoms with Crippen molar-refractivity contribution in [2.24, 2.45) is 0 Å². The van der Waals surface area contributed by atoms with Gasteiger partial charge in [-0.15, -0.1) is 11.3 Å². The summed E-state index contributed by atoms with van der Waals surface area (Å²) in [6.07, 6.45) is 0. The van der Waals surface area contributed by atoms with E-state index in [0.29, 0.717) is 22.0 Å². The number of thiazole rings is 1. The number of carbonyl (C=O) groups is 2. The Morgan fingerprint density at radius 2 is 2.08 bits per heavy atom. The number of carbonyl (C=O) groups excluding carboxylic acids is 2. The van der Waals surface area contributed by atoms with E-state index in [1.165, 1.54) is 18.4 Å². The van der Waals surface area contributed by atoms with Crippen molar-refractivity contribution >= 4 is 50.7 Å². The second-order valence-corrected chi connectivity index (χ2v) is 6.33. The van der Waals surface area contributed by atoms with E-state index < -0.39 is 18.5 Å². The third-order valence-electron chi connectivity index (χ3n) is 3.34. The summed E-state index contributed by atoms with van der Waals surface area (Å²) in [5, 5.41) is 3.05. The first kappa shape index (κ1) is 17.2. The Labute approximate surface area is 152 Å². The first-order chi connectivity index (χ1) is 12.1. The number of ether oxygens (including phenoxy) is 2. The number of rotatable bonds is 5. The summed E-state index contributed by atoms with van der Waals surface area (Å²) in [5.41, 5.74) is 3.28. The Kier molecular flexibility index (Phi) is 5.16. The standard InChI is InChI=1S/C17H13ClN2O4S/c1-23-14-5-3-11(18)7-13(14)20-16(21)8-24-17(22)10-2-4-12-15(6-10)25-9-19-12/h2-7,9H,8H2,1H3,(H,20,21). The minimum Gasteiger partial charge on any atom is -0.495 e. The van der Waals surface area contributed by atoms with E-state index in [1.807, 2.05) is 0 Å². The zero-order valence-electron chi connectivity index (χ0n) is 13.1. The molecular weight excluding hydrogens is 364 g/mol. The summed E-state index contributed by atoms with van der Waals surface area (Å²) >= 11 is 7.33. The van der Waals surface area contributed by atoms with Crippen molar-refractivity contribution in [3.8, 4) is 5.75 Å². The zero-order chi connectivity index (χ0) is 17.8. The maximum atomic E-state index is 12.1. The largest absolute Gasteiger partial charge is 0.495 e. The topological polar surface area (TPSA) is 77.5 Å². The molecule has 128 valence electrons. The van der Waals surface area contributed by atoms with Gasteiger partial charge in [-0.2, -0.15) is 0 Å². The molecule has 0 saturated heterocycles. The molecule has 2 aromatic carbocycles. The summed E-state index contributed by atoms with van der Waals surface area (Å²) in [6.45, 7) is -0.421. The first-order valence-corrected chi connectivity index (χ1v) is 8.46. The highest BCUT2D eigenvalue weighted by Gasteiger charge is 2.13. The summed E-state index contributed by atoms with van der Waals surface area (Å²) in [4.78, 5) is 28.2. The van der Waals surface area contributed by atoms with Crippen LogP contribution in [-0.2, 0) is 9.53 Å². The second-order valence-electron chi connectivity index (χ2n) is 5.00. The van der Waals surface area contributed by atoms with E-state index >= 15 is 0 Å². The van der Waals surface area contributed by atoms with Crippen LogP contribution in [0.5, 0.6) is 5.75 Å². The molecule has 0 radical (unpaired) electrons. The van der Waals surface area contributed by atoms with Crippen LogP contribution in [0.25, 0.3) is 10.2 Å². The molecule has 0 fully saturated rings. The van der Waals surface area contributed by atoms with Crippen LogP contribution < -0.4 is 10.1 Å². The highest BCUT2D eigenvalue weighted by Crippen LogP contribution is 2.27. The van der Waals surface area contributed by atoms with Crippen LogP contribution in [0.3, 0.4) is 0 Å². The van der Waals surface area contributed by atoms with Gasteiger partial charge in [-0.3, -0.25) is 4.79 Å². The van der Waals surface area contributed by atoms with Crippen LogP contribution in [0.4, 0.5) is 5.69 Å². The molecular formula is C17H13ClN2O4S. The number of hydrogen-bond acceptors (Lipinski definition) is 6. The molecule has 0 unspecified atom stereocenters. The monoisotopic (exact) mass is 376 g/mol. The normalized spacial score (nSPS) is 10.5. The van der Waals surface area contributed by atoms with Crippen LogP contribution >= 0.6 is 22.9 Å². The summed E-state index contributed by atoms with van der Waals surface area (Å²) in [7, 11) is 1.48. The lowest BCUT2D eigenvalue weighted by molar-refractivity contribution is -0.119. The highest BCUT2D eigenvalue weighted by atomic mass is 35.5. The number of methoxy groups -OCH3 is 1. The molecule has 1 N–H and O–H groups in total. The number of aromatic nitrogens is 1. The molecule has 1 heterocycles. The predicted molar refractivity (Wildman–Crippen MR) is 96.5 cm³/mol. The van der Waals surface area contributed by atoms with Gasteiger partial charge in [-0.1, -0.05) is 11.6 Å². The summed E-state index contributed by atoms with van der Waals surface area (Å²) in [5.74, 6) is -0.615. The number of hydrogen-bond donors (Lipinski definition) is 1. The molecule has 0 bridgehead atoms. The van der Waals surface area contributed by atoms with Gasteiger partial charge in [0, 0.05) is 5.02 Å². The number of anilines is 1. The number of nitrogens with zero attached hydrogens (tertiary/aromatic N) is 1. The van der Waals surface area contributed by atoms with Gasteiger partial charge in [0.1, 0.15) is 5.75 Å². The fourth-order valence-corrected chi connectivity index (χ4v) is 3.05. The van der Waals surface area contributed by atoms with Gasteiger partial charge in [0.05, 0.1) is 34.1 Å². The fraction of sp³-hybridized carbons (Fsp3) is 0.118. The SMILES string of the molecule is COc1ccc(Cl)cc1NC(=O)COC(=O)c1ccc2ncsc2c1. The predicted octanol–water partition coefficient (Wildman–Crippen LogP) is 3.75. The molecule has 25 heavy (non-hydrogen) atoms. The van der Waals surface area contributed by atoms with Crippen molar-refractivity contribution in [1.29, 1.82) is 0 Å². The van der Waals surface area contributed by atoms with Gasteiger partial charge in [0.25, 0.3) is 5.91 Å². The van der Waals surface area contributed by atoms with Crippen LogP contribution in [0, 0.1) is 0 Å². The van der Waals surface area contributed by atoms with Crippen LogP contribution in [0.15, 0.2) is 41.9 Å².